The Morgan fingerprint density at radius 1 is 1.38 bits per heavy atom. The highest BCUT2D eigenvalue weighted by Crippen LogP contribution is 2.16. The fourth-order valence-corrected chi connectivity index (χ4v) is 3.09. The molecular formula is C18H29ClN4O. The normalized spacial score (nSPS) is 17.6. The maximum atomic E-state index is 6.25. The summed E-state index contributed by atoms with van der Waals surface area (Å²) in [6, 6.07) is 7.93. The zero-order valence-corrected chi connectivity index (χ0v) is 15.7. The summed E-state index contributed by atoms with van der Waals surface area (Å²) in [6.45, 7) is 8.75. The minimum absolute atomic E-state index is 0.550. The average molecular weight is 353 g/mol. The van der Waals surface area contributed by atoms with E-state index in [9.17, 15) is 0 Å². The SMILES string of the molecule is CN=C(NCC(C)CN1CCOCC1)N(C)Cc1ccccc1Cl. The highest BCUT2D eigenvalue weighted by Gasteiger charge is 2.15. The Labute approximate surface area is 150 Å². The van der Waals surface area contributed by atoms with Crippen molar-refractivity contribution in [2.75, 3.05) is 53.5 Å². The third-order valence-corrected chi connectivity index (χ3v) is 4.59. The zero-order chi connectivity index (χ0) is 17.4. The van der Waals surface area contributed by atoms with Gasteiger partial charge in [-0.15, -0.1) is 0 Å². The van der Waals surface area contributed by atoms with Crippen molar-refractivity contribution in [1.82, 2.24) is 15.1 Å². The third kappa shape index (κ3) is 5.96. The highest BCUT2D eigenvalue weighted by molar-refractivity contribution is 6.31. The van der Waals surface area contributed by atoms with Gasteiger partial charge in [-0.3, -0.25) is 9.89 Å². The molecule has 0 radical (unpaired) electrons. The lowest BCUT2D eigenvalue weighted by molar-refractivity contribution is 0.0320. The Bertz CT molecular complexity index is 532. The van der Waals surface area contributed by atoms with E-state index < -0.39 is 0 Å². The molecule has 24 heavy (non-hydrogen) atoms. The number of guanidine groups is 1. The molecule has 1 atom stereocenters. The average Bonchev–Trinajstić information content (AvgIpc) is 2.58. The number of halogens is 1. The summed E-state index contributed by atoms with van der Waals surface area (Å²) >= 11 is 6.25. The Balaban J connectivity index is 1.79. The van der Waals surface area contributed by atoms with Crippen molar-refractivity contribution in [3.63, 3.8) is 0 Å². The van der Waals surface area contributed by atoms with Crippen LogP contribution >= 0.6 is 11.6 Å². The zero-order valence-electron chi connectivity index (χ0n) is 15.0. The van der Waals surface area contributed by atoms with Crippen LogP contribution in [0.25, 0.3) is 0 Å². The fourth-order valence-electron chi connectivity index (χ4n) is 2.90. The van der Waals surface area contributed by atoms with Gasteiger partial charge in [0.1, 0.15) is 0 Å². The summed E-state index contributed by atoms with van der Waals surface area (Å²) < 4.78 is 5.40. The monoisotopic (exact) mass is 352 g/mol. The molecule has 1 unspecified atom stereocenters. The van der Waals surface area contributed by atoms with E-state index in [1.165, 1.54) is 0 Å². The molecule has 0 aromatic heterocycles. The van der Waals surface area contributed by atoms with E-state index in [0.29, 0.717) is 5.92 Å². The van der Waals surface area contributed by atoms with E-state index in [4.69, 9.17) is 16.3 Å². The number of hydrogen-bond acceptors (Lipinski definition) is 3. The van der Waals surface area contributed by atoms with E-state index in [-0.39, 0.29) is 0 Å². The van der Waals surface area contributed by atoms with Gasteiger partial charge in [-0.25, -0.2) is 0 Å². The summed E-state index contributed by atoms with van der Waals surface area (Å²) in [5.41, 5.74) is 1.10. The van der Waals surface area contributed by atoms with Gasteiger partial charge in [0.25, 0.3) is 0 Å². The fraction of sp³-hybridized carbons (Fsp3) is 0.611. The lowest BCUT2D eigenvalue weighted by atomic mass is 10.1. The smallest absolute Gasteiger partial charge is 0.193 e. The summed E-state index contributed by atoms with van der Waals surface area (Å²) in [6.07, 6.45) is 0. The summed E-state index contributed by atoms with van der Waals surface area (Å²) in [7, 11) is 3.85. The molecule has 5 nitrogen and oxygen atoms in total. The molecule has 2 rings (SSSR count). The molecule has 1 saturated heterocycles. The van der Waals surface area contributed by atoms with Crippen molar-refractivity contribution >= 4 is 17.6 Å². The van der Waals surface area contributed by atoms with Crippen molar-refractivity contribution in [2.24, 2.45) is 10.9 Å². The quantitative estimate of drug-likeness (QED) is 0.630. The predicted molar refractivity (Wildman–Crippen MR) is 101 cm³/mol. The number of rotatable bonds is 6. The van der Waals surface area contributed by atoms with Crippen LogP contribution in [-0.4, -0.2) is 69.2 Å². The van der Waals surface area contributed by atoms with Gasteiger partial charge in [-0.2, -0.15) is 0 Å². The first kappa shape index (κ1) is 19.0. The minimum Gasteiger partial charge on any atom is -0.379 e. The lowest BCUT2D eigenvalue weighted by Crippen LogP contribution is -2.44. The van der Waals surface area contributed by atoms with Gasteiger partial charge < -0.3 is 15.0 Å². The van der Waals surface area contributed by atoms with Crippen LogP contribution in [0, 0.1) is 5.92 Å². The van der Waals surface area contributed by atoms with Crippen molar-refractivity contribution in [3.05, 3.63) is 34.9 Å². The van der Waals surface area contributed by atoms with Gasteiger partial charge in [0.15, 0.2) is 5.96 Å². The molecule has 6 heteroatoms. The van der Waals surface area contributed by atoms with E-state index in [2.05, 4.69) is 27.0 Å². The van der Waals surface area contributed by atoms with Crippen LogP contribution in [0.2, 0.25) is 5.02 Å². The minimum atomic E-state index is 0.550. The molecule has 1 fully saturated rings. The summed E-state index contributed by atoms with van der Waals surface area (Å²) in [5, 5.41) is 4.27. The van der Waals surface area contributed by atoms with E-state index in [0.717, 1.165) is 62.5 Å². The molecule has 0 amide bonds. The molecular weight excluding hydrogens is 324 g/mol. The highest BCUT2D eigenvalue weighted by atomic mass is 35.5. The van der Waals surface area contributed by atoms with Crippen molar-refractivity contribution in [3.8, 4) is 0 Å². The number of benzene rings is 1. The molecule has 1 heterocycles. The molecule has 1 N–H and O–H groups in total. The topological polar surface area (TPSA) is 40.1 Å². The molecule has 0 bridgehead atoms. The van der Waals surface area contributed by atoms with Crippen molar-refractivity contribution < 1.29 is 4.74 Å². The first-order valence-corrected chi connectivity index (χ1v) is 8.93. The van der Waals surface area contributed by atoms with Gasteiger partial charge in [0.05, 0.1) is 13.2 Å². The summed E-state index contributed by atoms with van der Waals surface area (Å²) in [5.74, 6) is 1.44. The van der Waals surface area contributed by atoms with Gasteiger partial charge in [0, 0.05) is 51.8 Å². The van der Waals surface area contributed by atoms with E-state index >= 15 is 0 Å². The molecule has 1 aliphatic rings. The van der Waals surface area contributed by atoms with Gasteiger partial charge >= 0.3 is 0 Å². The predicted octanol–water partition coefficient (Wildman–Crippen LogP) is 2.32. The van der Waals surface area contributed by atoms with Crippen LogP contribution in [0.1, 0.15) is 12.5 Å². The Morgan fingerprint density at radius 3 is 2.75 bits per heavy atom. The molecule has 0 aliphatic carbocycles. The van der Waals surface area contributed by atoms with E-state index in [1.54, 1.807) is 0 Å². The molecule has 1 aromatic rings. The Kier molecular flexibility index (Phi) is 7.82. The number of aliphatic imine (C=N–C) groups is 1. The second-order valence-corrected chi connectivity index (χ2v) is 6.80. The van der Waals surface area contributed by atoms with Gasteiger partial charge in [0.2, 0.25) is 0 Å². The second-order valence-electron chi connectivity index (χ2n) is 6.39. The Morgan fingerprint density at radius 2 is 2.08 bits per heavy atom. The summed E-state index contributed by atoms with van der Waals surface area (Å²) in [4.78, 5) is 8.95. The van der Waals surface area contributed by atoms with Crippen LogP contribution in [0.4, 0.5) is 0 Å². The first-order valence-electron chi connectivity index (χ1n) is 8.55. The molecule has 1 aliphatic heterocycles. The standard InChI is InChI=1S/C18H29ClN4O/c1-15(13-23-8-10-24-11-9-23)12-21-18(20-2)22(3)14-16-6-4-5-7-17(16)19/h4-7,15H,8-14H2,1-3H3,(H,20,21). The molecule has 134 valence electrons. The Hall–Kier alpha value is -1.30. The van der Waals surface area contributed by atoms with Crippen LogP contribution in [0.5, 0.6) is 0 Å². The second kappa shape index (κ2) is 9.87. The van der Waals surface area contributed by atoms with Crippen LogP contribution in [0.3, 0.4) is 0 Å². The molecule has 1 aromatic carbocycles. The van der Waals surface area contributed by atoms with Crippen molar-refractivity contribution in [2.45, 2.75) is 13.5 Å². The third-order valence-electron chi connectivity index (χ3n) is 4.22. The van der Waals surface area contributed by atoms with Gasteiger partial charge in [-0.05, 0) is 17.5 Å². The maximum Gasteiger partial charge on any atom is 0.193 e. The number of morpholine rings is 1. The molecule has 0 saturated carbocycles. The van der Waals surface area contributed by atoms with Crippen LogP contribution in [-0.2, 0) is 11.3 Å². The van der Waals surface area contributed by atoms with Gasteiger partial charge in [-0.1, -0.05) is 36.7 Å². The van der Waals surface area contributed by atoms with Crippen LogP contribution in [0.15, 0.2) is 29.3 Å². The number of nitrogens with zero attached hydrogens (tertiary/aromatic N) is 3. The number of nitrogens with one attached hydrogen (secondary N) is 1. The van der Waals surface area contributed by atoms with E-state index in [1.807, 2.05) is 38.4 Å². The number of hydrogen-bond donors (Lipinski definition) is 1. The maximum absolute atomic E-state index is 6.25. The largest absolute Gasteiger partial charge is 0.379 e. The number of ether oxygens (including phenoxy) is 1. The van der Waals surface area contributed by atoms with Crippen molar-refractivity contribution in [1.29, 1.82) is 0 Å². The first-order chi connectivity index (χ1) is 11.6. The lowest BCUT2D eigenvalue weighted by Gasteiger charge is -2.30. The molecule has 0 spiro atoms. The van der Waals surface area contributed by atoms with Crippen LogP contribution < -0.4 is 5.32 Å².